The molecule has 7 unspecified atom stereocenters. The Morgan fingerprint density at radius 3 is 2.26 bits per heavy atom. The van der Waals surface area contributed by atoms with Crippen molar-refractivity contribution in [1.29, 1.82) is 0 Å². The number of fused-ring (bicyclic) bond motifs is 3. The zero-order valence-corrected chi connectivity index (χ0v) is 42.3. The van der Waals surface area contributed by atoms with Crippen molar-refractivity contribution in [2.24, 2.45) is 35.5 Å². The number of aliphatic hydroxyl groups excluding tert-OH is 2. The van der Waals surface area contributed by atoms with Crippen LogP contribution < -0.4 is 0 Å². The Kier molecular flexibility index (Phi) is 21.5. The molecule has 66 heavy (non-hydrogen) atoms. The first-order chi connectivity index (χ1) is 31.2. The van der Waals surface area contributed by atoms with Crippen LogP contribution in [0.25, 0.3) is 0 Å². The summed E-state index contributed by atoms with van der Waals surface area (Å²) in [6.45, 7) is 15.5. The normalized spacial score (nSPS) is 41.1. The van der Waals surface area contributed by atoms with Crippen molar-refractivity contribution >= 4 is 23.4 Å². The summed E-state index contributed by atoms with van der Waals surface area (Å²) in [5.41, 5.74) is 0.128. The molecule has 0 aromatic carbocycles. The van der Waals surface area contributed by atoms with Crippen molar-refractivity contribution in [3.05, 3.63) is 47.6 Å². The molecule has 0 spiro atoms. The van der Waals surface area contributed by atoms with Crippen molar-refractivity contribution in [2.45, 2.75) is 193 Å². The number of hydrogen-bond donors (Lipinski definition) is 2. The predicted molar refractivity (Wildman–Crippen MR) is 254 cm³/mol. The average Bonchev–Trinajstić information content (AvgIpc) is 3.28. The number of Topliss-reactive ketones (excluding diaryl/α,β-unsaturated/α-hetero) is 2. The van der Waals surface area contributed by atoms with Crippen molar-refractivity contribution in [3.8, 4) is 0 Å². The minimum atomic E-state index is -1.31. The lowest BCUT2D eigenvalue weighted by Gasteiger charge is -2.48. The summed E-state index contributed by atoms with van der Waals surface area (Å²) in [5, 5.41) is 22.0. The molecule has 15 atom stereocenters. The largest absolute Gasteiger partial charge is 0.460 e. The fourth-order valence-electron chi connectivity index (χ4n) is 10.8. The van der Waals surface area contributed by atoms with E-state index >= 15 is 0 Å². The van der Waals surface area contributed by atoms with Crippen LogP contribution in [0.15, 0.2) is 47.6 Å². The van der Waals surface area contributed by atoms with Gasteiger partial charge in [0.15, 0.2) is 11.6 Å². The quantitative estimate of drug-likeness (QED) is 0.187. The highest BCUT2D eigenvalue weighted by molar-refractivity contribution is 5.89. The second-order valence-corrected chi connectivity index (χ2v) is 20.5. The second-order valence-electron chi connectivity index (χ2n) is 20.5. The van der Waals surface area contributed by atoms with E-state index in [0.29, 0.717) is 63.5 Å². The fraction of sp³-hybridized carbons (Fsp3) is 0.774. The van der Waals surface area contributed by atoms with E-state index in [1.54, 1.807) is 53.1 Å². The Labute approximate surface area is 396 Å². The third kappa shape index (κ3) is 14.3. The number of cyclic esters (lactones) is 1. The lowest BCUT2D eigenvalue weighted by Crippen LogP contribution is -2.61. The first kappa shape index (κ1) is 55.6. The number of amides is 1. The number of carbonyl (C=O) groups excluding carboxylic acids is 4. The van der Waals surface area contributed by atoms with Gasteiger partial charge in [0, 0.05) is 65.6 Å². The van der Waals surface area contributed by atoms with Gasteiger partial charge in [0.2, 0.25) is 5.91 Å². The van der Waals surface area contributed by atoms with Gasteiger partial charge in [-0.15, -0.1) is 0 Å². The SMILES string of the molecule is COC1CC(C[C@@H](C)C2CC(=O)[C@H](C)/C=C(\C)C(O)[C@@H](OC)C(=O)C(C)C[C@H](C)/C=C/C=C/C=C(\C)[C@@H](OC)C[C@@H]3CCC(C)C(OC)(CC(=O)N4CCCC[C@@]4(C)C(=O)O2)O3)CC[C@H]1O. The number of methoxy groups -OCH3 is 4. The van der Waals surface area contributed by atoms with E-state index in [2.05, 4.69) is 0 Å². The number of aliphatic hydroxyl groups is 2. The molecule has 13 heteroatoms. The number of carbonyl (C=O) groups is 4. The summed E-state index contributed by atoms with van der Waals surface area (Å²) in [7, 11) is 6.26. The molecule has 0 radical (unpaired) electrons. The summed E-state index contributed by atoms with van der Waals surface area (Å²) in [6, 6.07) is 0. The molecule has 3 fully saturated rings. The van der Waals surface area contributed by atoms with Crippen LogP contribution in [0.5, 0.6) is 0 Å². The maximum atomic E-state index is 14.8. The van der Waals surface area contributed by atoms with Crippen molar-refractivity contribution < 1.29 is 57.8 Å². The lowest BCUT2D eigenvalue weighted by molar-refractivity contribution is -0.297. The van der Waals surface area contributed by atoms with Crippen LogP contribution in [-0.4, -0.2) is 128 Å². The highest BCUT2D eigenvalue weighted by Gasteiger charge is 2.51. The third-order valence-electron chi connectivity index (χ3n) is 15.4. The summed E-state index contributed by atoms with van der Waals surface area (Å²) in [4.78, 5) is 59.1. The molecule has 3 aliphatic heterocycles. The van der Waals surface area contributed by atoms with Crippen LogP contribution in [0.4, 0.5) is 0 Å². The molecule has 2 bridgehead atoms. The van der Waals surface area contributed by atoms with Crippen LogP contribution >= 0.6 is 0 Å². The maximum absolute atomic E-state index is 14.8. The Balaban J connectivity index is 1.72. The van der Waals surface area contributed by atoms with Crippen molar-refractivity contribution in [1.82, 2.24) is 4.90 Å². The van der Waals surface area contributed by atoms with Gasteiger partial charge in [0.25, 0.3) is 0 Å². The molecule has 4 rings (SSSR count). The highest BCUT2D eigenvalue weighted by Crippen LogP contribution is 2.42. The van der Waals surface area contributed by atoms with E-state index in [4.69, 9.17) is 28.4 Å². The van der Waals surface area contributed by atoms with Crippen molar-refractivity contribution in [2.75, 3.05) is 35.0 Å². The van der Waals surface area contributed by atoms with E-state index in [1.165, 1.54) is 7.11 Å². The number of hydrogen-bond acceptors (Lipinski definition) is 12. The molecule has 2 saturated heterocycles. The zero-order valence-electron chi connectivity index (χ0n) is 42.3. The molecule has 4 aliphatic rings. The number of piperidine rings is 1. The molecule has 374 valence electrons. The molecular weight excluding hydrogens is 843 g/mol. The molecular formula is C53H85NO12. The first-order valence-electron chi connectivity index (χ1n) is 24.7. The smallest absolute Gasteiger partial charge is 0.332 e. The summed E-state index contributed by atoms with van der Waals surface area (Å²) in [6.07, 6.45) is 13.9. The molecule has 3 heterocycles. The van der Waals surface area contributed by atoms with Gasteiger partial charge in [-0.05, 0) is 114 Å². The van der Waals surface area contributed by atoms with E-state index < -0.39 is 53.5 Å². The molecule has 1 saturated carbocycles. The Morgan fingerprint density at radius 2 is 1.59 bits per heavy atom. The molecule has 0 aromatic heterocycles. The molecule has 1 amide bonds. The molecule has 13 nitrogen and oxygen atoms in total. The van der Waals surface area contributed by atoms with Crippen LogP contribution in [0, 0.1) is 35.5 Å². The highest BCUT2D eigenvalue weighted by atomic mass is 16.7. The van der Waals surface area contributed by atoms with Gasteiger partial charge in [-0.1, -0.05) is 71.1 Å². The summed E-state index contributed by atoms with van der Waals surface area (Å²) < 4.78 is 36.6. The second kappa shape index (κ2) is 25.5. The van der Waals surface area contributed by atoms with Gasteiger partial charge in [0.05, 0.1) is 30.8 Å². The van der Waals surface area contributed by atoms with E-state index in [9.17, 15) is 29.4 Å². The summed E-state index contributed by atoms with van der Waals surface area (Å²) in [5.74, 6) is -3.72. The molecule has 0 aromatic rings. The predicted octanol–water partition coefficient (Wildman–Crippen LogP) is 8.05. The van der Waals surface area contributed by atoms with Crippen LogP contribution in [0.2, 0.25) is 0 Å². The standard InChI is InChI=1S/C53H85NO12/c1-33-18-14-13-15-19-34(2)44(61-9)30-41-22-20-39(7)53(64-12,66-41)32-47(57)54-25-17-16-24-52(54,8)51(60)65-45(36(4)28-40-21-23-42(55)46(29-40)62-10)31-43(56)35(3)27-38(6)49(59)50(63-11)48(58)37(5)26-33/h13-15,18-19,27,33,35-37,39-42,44-46,49-50,55,59H,16-17,20-26,28-32H2,1-12H3/b15-13+,18-14+,34-19+,38-27+/t33-,35-,36-,37?,39?,40?,41+,42-,44+,45?,46?,49?,50+,52+,53?/m1/s1. The van der Waals surface area contributed by atoms with E-state index in [1.807, 2.05) is 65.0 Å². The van der Waals surface area contributed by atoms with E-state index in [-0.39, 0.29) is 72.3 Å². The number of ketones is 2. The van der Waals surface area contributed by atoms with Gasteiger partial charge in [-0.25, -0.2) is 4.79 Å². The maximum Gasteiger partial charge on any atom is 0.332 e. The van der Waals surface area contributed by atoms with Gasteiger partial charge in [0.1, 0.15) is 29.6 Å². The fourth-order valence-corrected chi connectivity index (χ4v) is 10.8. The zero-order chi connectivity index (χ0) is 48.9. The Morgan fingerprint density at radius 1 is 0.864 bits per heavy atom. The third-order valence-corrected chi connectivity index (χ3v) is 15.4. The van der Waals surface area contributed by atoms with E-state index in [0.717, 1.165) is 24.8 Å². The Hall–Kier alpha value is -3.04. The molecule has 2 N–H and O–H groups in total. The minimum absolute atomic E-state index is 0.0584. The van der Waals surface area contributed by atoms with Gasteiger partial charge in [-0.3, -0.25) is 14.4 Å². The lowest BCUT2D eigenvalue weighted by atomic mass is 9.78. The summed E-state index contributed by atoms with van der Waals surface area (Å²) >= 11 is 0. The van der Waals surface area contributed by atoms with Crippen LogP contribution in [0.3, 0.4) is 0 Å². The van der Waals surface area contributed by atoms with Gasteiger partial charge < -0.3 is 43.5 Å². The minimum Gasteiger partial charge on any atom is -0.460 e. The topological polar surface area (TPSA) is 167 Å². The first-order valence-corrected chi connectivity index (χ1v) is 24.7. The average molecular weight is 928 g/mol. The number of nitrogens with zero attached hydrogens (tertiary/aromatic N) is 1. The van der Waals surface area contributed by atoms with Crippen molar-refractivity contribution in [3.63, 3.8) is 0 Å². The molecule has 1 aliphatic carbocycles. The monoisotopic (exact) mass is 928 g/mol. The number of rotatable bonds is 7. The van der Waals surface area contributed by atoms with Gasteiger partial charge in [-0.2, -0.15) is 0 Å². The number of ether oxygens (including phenoxy) is 6. The number of esters is 1. The Bertz CT molecular complexity index is 1740. The number of allylic oxidation sites excluding steroid dienone is 6. The van der Waals surface area contributed by atoms with Gasteiger partial charge >= 0.3 is 5.97 Å². The van der Waals surface area contributed by atoms with Crippen LogP contribution in [0.1, 0.15) is 139 Å². The van der Waals surface area contributed by atoms with Crippen LogP contribution in [-0.2, 0) is 47.6 Å².